The molecule has 2 atom stereocenters. The Labute approximate surface area is 265 Å². The Hall–Kier alpha value is -3.88. The van der Waals surface area contributed by atoms with Crippen LogP contribution in [0, 0.1) is 5.82 Å². The van der Waals surface area contributed by atoms with Crippen molar-refractivity contribution in [3.63, 3.8) is 0 Å². The quantitative estimate of drug-likeness (QED) is 0.362. The van der Waals surface area contributed by atoms with Gasteiger partial charge in [-0.15, -0.1) is 0 Å². The number of carbonyl (C=O) groups excluding carboxylic acids is 2. The Bertz CT molecular complexity index is 1490. The van der Waals surface area contributed by atoms with Gasteiger partial charge in [0.2, 0.25) is 0 Å². The molecule has 0 aliphatic carbocycles. The predicted molar refractivity (Wildman–Crippen MR) is 162 cm³/mol. The van der Waals surface area contributed by atoms with E-state index in [0.717, 1.165) is 0 Å². The molecule has 3 aliphatic heterocycles. The van der Waals surface area contributed by atoms with Crippen molar-refractivity contribution in [2.24, 2.45) is 0 Å². The van der Waals surface area contributed by atoms with Crippen LogP contribution >= 0.6 is 11.6 Å². The molecule has 2 amide bonds. The van der Waals surface area contributed by atoms with Gasteiger partial charge in [0.25, 0.3) is 5.91 Å². The highest BCUT2D eigenvalue weighted by Gasteiger charge is 2.42. The van der Waals surface area contributed by atoms with Gasteiger partial charge in [-0.2, -0.15) is 0 Å². The van der Waals surface area contributed by atoms with Crippen LogP contribution in [-0.4, -0.2) is 125 Å². The number of carbonyl (C=O) groups is 3. The zero-order valence-electron chi connectivity index (χ0n) is 25.6. The Morgan fingerprint density at radius 2 is 1.87 bits per heavy atom. The first-order valence-electron chi connectivity index (χ1n) is 14.7. The lowest BCUT2D eigenvalue weighted by Gasteiger charge is -2.42. The van der Waals surface area contributed by atoms with Crippen molar-refractivity contribution in [2.45, 2.75) is 45.4 Å². The highest BCUT2D eigenvalue weighted by molar-refractivity contribution is 6.35. The maximum absolute atomic E-state index is 15.7. The topological polar surface area (TPSA) is 145 Å². The lowest BCUT2D eigenvalue weighted by Crippen LogP contribution is -2.57. The largest absolute Gasteiger partial charge is 0.514 e. The zero-order chi connectivity index (χ0) is 32.6. The van der Waals surface area contributed by atoms with E-state index in [1.807, 2.05) is 11.8 Å². The third kappa shape index (κ3) is 6.72. The number of rotatable bonds is 5. The molecule has 2 saturated heterocycles. The number of benzene rings is 1. The molecule has 1 aromatic heterocycles. The number of hydrogen-bond acceptors (Lipinski definition) is 10. The Morgan fingerprint density at radius 3 is 2.53 bits per heavy atom. The molecule has 0 bridgehead atoms. The van der Waals surface area contributed by atoms with E-state index in [1.54, 1.807) is 25.7 Å². The van der Waals surface area contributed by atoms with E-state index in [2.05, 4.69) is 4.90 Å². The molecule has 2 aromatic rings. The molecule has 15 heteroatoms. The van der Waals surface area contributed by atoms with Gasteiger partial charge in [-0.1, -0.05) is 17.7 Å². The Kier molecular flexibility index (Phi) is 9.28. The summed E-state index contributed by atoms with van der Waals surface area (Å²) < 4.78 is 32.6. The monoisotopic (exact) mass is 649 g/mol. The smallest absolute Gasteiger partial charge is 0.489 e. The van der Waals surface area contributed by atoms with Crippen molar-refractivity contribution in [2.75, 3.05) is 63.9 Å². The van der Waals surface area contributed by atoms with Crippen molar-refractivity contribution in [1.82, 2.24) is 19.7 Å². The van der Waals surface area contributed by atoms with E-state index < -0.39 is 35.6 Å². The molecule has 13 nitrogen and oxygen atoms in total. The lowest BCUT2D eigenvalue weighted by molar-refractivity contribution is 0.0206. The second-order valence-corrected chi connectivity index (χ2v) is 12.6. The summed E-state index contributed by atoms with van der Waals surface area (Å²) >= 11 is 6.92. The molecule has 0 unspecified atom stereocenters. The number of aliphatic hydroxyl groups excluding tert-OH is 1. The number of ether oxygens (including phenoxy) is 3. The second-order valence-electron chi connectivity index (χ2n) is 12.2. The van der Waals surface area contributed by atoms with Gasteiger partial charge in [-0.25, -0.2) is 19.0 Å². The second kappa shape index (κ2) is 12.9. The number of halogens is 2. The lowest BCUT2D eigenvalue weighted by atomic mass is 10.0. The number of amides is 2. The van der Waals surface area contributed by atoms with E-state index in [-0.39, 0.29) is 78.1 Å². The van der Waals surface area contributed by atoms with Crippen LogP contribution in [0.2, 0.25) is 5.02 Å². The Balaban J connectivity index is 1.65. The fourth-order valence-electron chi connectivity index (χ4n) is 5.87. The minimum atomic E-state index is -1.10. The van der Waals surface area contributed by atoms with Gasteiger partial charge in [-0.3, -0.25) is 9.69 Å². The van der Waals surface area contributed by atoms with Crippen LogP contribution in [0.15, 0.2) is 18.2 Å². The predicted octanol–water partition coefficient (Wildman–Crippen LogP) is 3.55. The molecule has 0 spiro atoms. The number of hydrogen-bond donors (Lipinski definition) is 2. The van der Waals surface area contributed by atoms with Gasteiger partial charge >= 0.3 is 12.2 Å². The van der Waals surface area contributed by atoms with Gasteiger partial charge in [0.15, 0.2) is 5.75 Å². The third-order valence-electron chi connectivity index (χ3n) is 7.92. The molecule has 45 heavy (non-hydrogen) atoms. The Morgan fingerprint density at radius 1 is 1.13 bits per heavy atom. The number of β-amino-alcohol motifs (C(OH)–C–C–N with tert-alkyl or cyclic N) is 1. The number of piperazine rings is 2. The number of pyridine rings is 1. The van der Waals surface area contributed by atoms with Crippen LogP contribution in [-0.2, 0) is 4.74 Å². The summed E-state index contributed by atoms with van der Waals surface area (Å²) in [5.74, 6) is -1.23. The van der Waals surface area contributed by atoms with Gasteiger partial charge in [0, 0.05) is 51.9 Å². The van der Waals surface area contributed by atoms with Crippen molar-refractivity contribution < 1.29 is 43.2 Å². The first kappa shape index (κ1) is 32.5. The molecule has 244 valence electrons. The van der Waals surface area contributed by atoms with E-state index in [9.17, 15) is 24.6 Å². The first-order chi connectivity index (χ1) is 21.3. The summed E-state index contributed by atoms with van der Waals surface area (Å²) in [5, 5.41) is 18.9. The van der Waals surface area contributed by atoms with E-state index in [0.29, 0.717) is 26.2 Å². The summed E-state index contributed by atoms with van der Waals surface area (Å²) in [4.78, 5) is 50.2. The minimum absolute atomic E-state index is 0.00476. The summed E-state index contributed by atoms with van der Waals surface area (Å²) in [7, 11) is 0. The number of aliphatic hydroxyl groups is 1. The highest BCUT2D eigenvalue weighted by atomic mass is 35.5. The fraction of sp³-hybridized carbons (Fsp3) is 0.533. The van der Waals surface area contributed by atoms with Crippen molar-refractivity contribution in [3.05, 3.63) is 34.6 Å². The maximum atomic E-state index is 15.7. The molecule has 4 heterocycles. The zero-order valence-corrected chi connectivity index (χ0v) is 26.3. The van der Waals surface area contributed by atoms with Gasteiger partial charge in [0.05, 0.1) is 18.2 Å². The standard InChI is InChI=1S/C30H37ClFN5O8/c1-17-14-34(12-13-38)8-10-36(17)26-22-25(43-16-18-15-35(28(40)41)9-11-37(18)27(22)39)23(31)24(33-26)21-19(32)6-5-7-20(21)44-29(42)45-30(2,3)4/h5-7,17-18,38H,8-16H2,1-4H3,(H,40,41)/t17-,18+/m0/s1. The highest BCUT2D eigenvalue weighted by Crippen LogP contribution is 2.46. The van der Waals surface area contributed by atoms with Crippen LogP contribution in [0.4, 0.5) is 19.8 Å². The molecule has 2 fully saturated rings. The van der Waals surface area contributed by atoms with Crippen LogP contribution in [0.25, 0.3) is 11.3 Å². The van der Waals surface area contributed by atoms with Crippen molar-refractivity contribution in [1.29, 1.82) is 0 Å². The maximum Gasteiger partial charge on any atom is 0.514 e. The van der Waals surface area contributed by atoms with Gasteiger partial charge in [0.1, 0.15) is 45.9 Å². The van der Waals surface area contributed by atoms with Crippen LogP contribution in [0.1, 0.15) is 38.1 Å². The number of anilines is 1. The third-order valence-corrected chi connectivity index (χ3v) is 8.27. The molecule has 3 aliphatic rings. The number of fused-ring (bicyclic) bond motifs is 2. The number of nitrogens with zero attached hydrogens (tertiary/aromatic N) is 5. The normalized spacial score (nSPS) is 20.6. The van der Waals surface area contributed by atoms with Gasteiger partial charge < -0.3 is 39.1 Å². The first-order valence-corrected chi connectivity index (χ1v) is 15.1. The molecular formula is C30H37ClFN5O8. The van der Waals surface area contributed by atoms with Crippen LogP contribution in [0.5, 0.6) is 11.5 Å². The van der Waals surface area contributed by atoms with Gasteiger partial charge in [-0.05, 0) is 39.8 Å². The molecular weight excluding hydrogens is 613 g/mol. The molecule has 2 N–H and O–H groups in total. The van der Waals surface area contributed by atoms with Crippen molar-refractivity contribution >= 4 is 35.6 Å². The summed E-state index contributed by atoms with van der Waals surface area (Å²) in [6, 6.07) is 3.13. The average molecular weight is 650 g/mol. The molecule has 1 aromatic carbocycles. The fourth-order valence-corrected chi connectivity index (χ4v) is 6.15. The van der Waals surface area contributed by atoms with Crippen LogP contribution < -0.4 is 14.4 Å². The van der Waals surface area contributed by atoms with E-state index in [1.165, 1.54) is 23.1 Å². The minimum Gasteiger partial charge on any atom is -0.489 e. The van der Waals surface area contributed by atoms with E-state index in [4.69, 9.17) is 30.8 Å². The molecule has 5 rings (SSSR count). The number of carboxylic acid groups (broad SMARTS) is 1. The molecule has 0 saturated carbocycles. The van der Waals surface area contributed by atoms with Crippen LogP contribution in [0.3, 0.4) is 0 Å². The summed E-state index contributed by atoms with van der Waals surface area (Å²) in [6.45, 7) is 9.18. The summed E-state index contributed by atoms with van der Waals surface area (Å²) in [6.07, 6.45) is -2.15. The van der Waals surface area contributed by atoms with Crippen molar-refractivity contribution in [3.8, 4) is 22.8 Å². The van der Waals surface area contributed by atoms with E-state index >= 15 is 4.39 Å². The molecule has 0 radical (unpaired) electrons. The average Bonchev–Trinajstić information content (AvgIpc) is 3.10. The SMILES string of the molecule is C[C@H]1CN(CCO)CCN1c1nc(-c2c(F)cccc2OC(=O)OC(C)(C)C)c(Cl)c2c1C(=O)N1CCN(C(=O)O)C[C@@H]1CO2. The number of aromatic nitrogens is 1. The summed E-state index contributed by atoms with van der Waals surface area (Å²) in [5.41, 5.74) is -1.11.